The van der Waals surface area contributed by atoms with E-state index in [0.717, 1.165) is 6.42 Å². The SMILES string of the molecule is CCC1OC(Oc2ccc(COC(=O)NCCBr)cc2[N+](=O)[O-])C(C)C(C)C1C. The van der Waals surface area contributed by atoms with Crippen LogP contribution in [-0.4, -0.2) is 35.3 Å². The minimum Gasteiger partial charge on any atom is -0.457 e. The summed E-state index contributed by atoms with van der Waals surface area (Å²) in [4.78, 5) is 22.6. The van der Waals surface area contributed by atoms with Gasteiger partial charge in [-0.15, -0.1) is 0 Å². The molecule has 0 saturated carbocycles. The first kappa shape index (κ1) is 23.4. The number of nitrogens with zero attached hydrogens (tertiary/aromatic N) is 1. The Morgan fingerprint density at radius 1 is 1.28 bits per heavy atom. The van der Waals surface area contributed by atoms with Crippen LogP contribution >= 0.6 is 15.9 Å². The van der Waals surface area contributed by atoms with Crippen LogP contribution in [0.5, 0.6) is 5.75 Å². The molecule has 9 heteroatoms. The molecule has 1 heterocycles. The van der Waals surface area contributed by atoms with Crippen LogP contribution in [0.4, 0.5) is 10.5 Å². The Morgan fingerprint density at radius 2 is 2.00 bits per heavy atom. The lowest BCUT2D eigenvalue weighted by molar-refractivity contribution is -0.386. The summed E-state index contributed by atoms with van der Waals surface area (Å²) in [6, 6.07) is 4.55. The van der Waals surface area contributed by atoms with E-state index in [4.69, 9.17) is 14.2 Å². The number of carbonyl (C=O) groups excluding carboxylic acids is 1. The number of hydrogen-bond donors (Lipinski definition) is 1. The highest BCUT2D eigenvalue weighted by atomic mass is 79.9. The molecule has 29 heavy (non-hydrogen) atoms. The number of ether oxygens (including phenoxy) is 3. The number of carbonyl (C=O) groups is 1. The van der Waals surface area contributed by atoms with Crippen LogP contribution in [0.15, 0.2) is 18.2 Å². The van der Waals surface area contributed by atoms with Crippen molar-refractivity contribution in [3.8, 4) is 5.75 Å². The first-order chi connectivity index (χ1) is 13.8. The molecule has 1 N–H and O–H groups in total. The van der Waals surface area contributed by atoms with E-state index in [-0.39, 0.29) is 30.1 Å². The highest BCUT2D eigenvalue weighted by Gasteiger charge is 2.40. The van der Waals surface area contributed by atoms with E-state index >= 15 is 0 Å². The van der Waals surface area contributed by atoms with Gasteiger partial charge in [0.1, 0.15) is 6.61 Å². The fourth-order valence-electron chi connectivity index (χ4n) is 3.46. The highest BCUT2D eigenvalue weighted by molar-refractivity contribution is 9.09. The number of halogens is 1. The number of nitro groups is 1. The van der Waals surface area contributed by atoms with E-state index in [0.29, 0.717) is 29.3 Å². The largest absolute Gasteiger partial charge is 0.457 e. The summed E-state index contributed by atoms with van der Waals surface area (Å²) in [6.45, 7) is 8.78. The third kappa shape index (κ3) is 6.05. The Bertz CT molecular complexity index is 714. The van der Waals surface area contributed by atoms with Crippen LogP contribution in [0.2, 0.25) is 0 Å². The van der Waals surface area contributed by atoms with E-state index in [1.54, 1.807) is 6.07 Å². The van der Waals surface area contributed by atoms with E-state index in [1.807, 2.05) is 6.92 Å². The Morgan fingerprint density at radius 3 is 2.62 bits per heavy atom. The number of amides is 1. The first-order valence-electron chi connectivity index (χ1n) is 9.84. The number of rotatable bonds is 8. The highest BCUT2D eigenvalue weighted by Crippen LogP contribution is 2.39. The minimum absolute atomic E-state index is 0.0518. The zero-order valence-corrected chi connectivity index (χ0v) is 18.8. The molecule has 5 atom stereocenters. The molecule has 1 amide bonds. The van der Waals surface area contributed by atoms with Crippen LogP contribution in [0.25, 0.3) is 0 Å². The van der Waals surface area contributed by atoms with Crippen molar-refractivity contribution in [1.29, 1.82) is 0 Å². The number of alkyl carbamates (subject to hydrolysis) is 1. The lowest BCUT2D eigenvalue weighted by Gasteiger charge is -2.43. The molecule has 0 bridgehead atoms. The predicted octanol–water partition coefficient (Wildman–Crippen LogP) is 4.64. The van der Waals surface area contributed by atoms with Crippen LogP contribution < -0.4 is 10.1 Å². The topological polar surface area (TPSA) is 99.9 Å². The molecule has 5 unspecified atom stereocenters. The third-order valence-electron chi connectivity index (χ3n) is 5.58. The van der Waals surface area contributed by atoms with E-state index < -0.39 is 17.3 Å². The van der Waals surface area contributed by atoms with Gasteiger partial charge in [0.25, 0.3) is 0 Å². The molecule has 1 aliphatic heterocycles. The monoisotopic (exact) mass is 472 g/mol. The zero-order valence-electron chi connectivity index (χ0n) is 17.2. The first-order valence-corrected chi connectivity index (χ1v) is 11.0. The predicted molar refractivity (Wildman–Crippen MR) is 112 cm³/mol. The minimum atomic E-state index is -0.578. The van der Waals surface area contributed by atoms with Gasteiger partial charge in [-0.3, -0.25) is 10.1 Å². The van der Waals surface area contributed by atoms with Crippen molar-refractivity contribution >= 4 is 27.7 Å². The number of benzene rings is 1. The summed E-state index contributed by atoms with van der Waals surface area (Å²) in [5.74, 6) is 0.994. The van der Waals surface area contributed by atoms with Crippen molar-refractivity contribution < 1.29 is 23.9 Å². The number of hydrogen-bond acceptors (Lipinski definition) is 6. The number of alkyl halides is 1. The molecule has 1 aromatic rings. The molecule has 1 aromatic carbocycles. The Hall–Kier alpha value is -1.87. The summed E-state index contributed by atoms with van der Waals surface area (Å²) in [6.07, 6.45) is -0.225. The molecule has 0 aliphatic carbocycles. The van der Waals surface area contributed by atoms with Crippen molar-refractivity contribution in [2.24, 2.45) is 17.8 Å². The molecule has 0 aromatic heterocycles. The average molecular weight is 473 g/mol. The summed E-state index contributed by atoms with van der Waals surface area (Å²) in [7, 11) is 0. The van der Waals surface area contributed by atoms with E-state index in [1.165, 1.54) is 12.1 Å². The normalized spacial score (nSPS) is 26.6. The fraction of sp³-hybridized carbons (Fsp3) is 0.650. The van der Waals surface area contributed by atoms with Crippen LogP contribution in [-0.2, 0) is 16.1 Å². The van der Waals surface area contributed by atoms with E-state index in [9.17, 15) is 14.9 Å². The second-order valence-corrected chi connectivity index (χ2v) is 8.19. The molecule has 0 spiro atoms. The molecular formula is C20H29BrN2O6. The molecule has 1 fully saturated rings. The van der Waals surface area contributed by atoms with Gasteiger partial charge in [-0.1, -0.05) is 49.7 Å². The molecule has 1 aliphatic rings. The van der Waals surface area contributed by atoms with Gasteiger partial charge in [0.15, 0.2) is 5.75 Å². The van der Waals surface area contributed by atoms with Crippen molar-refractivity contribution in [2.45, 2.75) is 53.1 Å². The Balaban J connectivity index is 2.12. The summed E-state index contributed by atoms with van der Waals surface area (Å²) in [5.41, 5.74) is 0.325. The van der Waals surface area contributed by atoms with Crippen molar-refractivity contribution in [1.82, 2.24) is 5.32 Å². The maximum atomic E-state index is 11.6. The molecule has 1 saturated heterocycles. The van der Waals surface area contributed by atoms with Crippen molar-refractivity contribution in [3.63, 3.8) is 0 Å². The maximum absolute atomic E-state index is 11.6. The van der Waals surface area contributed by atoms with E-state index in [2.05, 4.69) is 42.0 Å². The molecule has 0 radical (unpaired) electrons. The van der Waals surface area contributed by atoms with Crippen molar-refractivity contribution in [3.05, 3.63) is 33.9 Å². The zero-order chi connectivity index (χ0) is 21.6. The van der Waals surface area contributed by atoms with Crippen molar-refractivity contribution in [2.75, 3.05) is 11.9 Å². The summed E-state index contributed by atoms with van der Waals surface area (Å²) < 4.78 is 17.1. The Kier molecular flexibility index (Phi) is 8.70. The maximum Gasteiger partial charge on any atom is 0.407 e. The van der Waals surface area contributed by atoms with Crippen LogP contribution in [0.1, 0.15) is 39.7 Å². The fourth-order valence-corrected chi connectivity index (χ4v) is 3.66. The van der Waals surface area contributed by atoms with Gasteiger partial charge in [-0.25, -0.2) is 4.79 Å². The van der Waals surface area contributed by atoms with Gasteiger partial charge in [-0.2, -0.15) is 0 Å². The van der Waals surface area contributed by atoms with Gasteiger partial charge < -0.3 is 19.5 Å². The van der Waals surface area contributed by atoms with Gasteiger partial charge in [-0.05, 0) is 29.9 Å². The number of nitro benzene ring substituents is 1. The average Bonchev–Trinajstić information content (AvgIpc) is 2.71. The van der Waals surface area contributed by atoms with Gasteiger partial charge in [0, 0.05) is 23.9 Å². The lowest BCUT2D eigenvalue weighted by Crippen LogP contribution is -2.47. The lowest BCUT2D eigenvalue weighted by atomic mass is 9.78. The summed E-state index contributed by atoms with van der Waals surface area (Å²) >= 11 is 3.20. The smallest absolute Gasteiger partial charge is 0.407 e. The molecule has 2 rings (SSSR count). The molecule has 8 nitrogen and oxygen atoms in total. The number of nitrogens with one attached hydrogen (secondary N) is 1. The van der Waals surface area contributed by atoms with Crippen LogP contribution in [0.3, 0.4) is 0 Å². The van der Waals surface area contributed by atoms with Crippen LogP contribution in [0, 0.1) is 27.9 Å². The van der Waals surface area contributed by atoms with Gasteiger partial charge in [0.05, 0.1) is 11.0 Å². The van der Waals surface area contributed by atoms with Gasteiger partial charge in [0.2, 0.25) is 6.29 Å². The second-order valence-electron chi connectivity index (χ2n) is 7.40. The summed E-state index contributed by atoms with van der Waals surface area (Å²) in [5, 5.41) is 14.7. The Labute approximate surface area is 179 Å². The standard InChI is InChI=1S/C20H29BrN2O6/c1-5-17-13(3)12(2)14(4)19(28-17)29-18-7-6-15(10-16(18)23(25)26)11-27-20(24)22-9-8-21/h6-7,10,12-14,17,19H,5,8-9,11H2,1-4H3,(H,22,24). The quantitative estimate of drug-likeness (QED) is 0.336. The third-order valence-corrected chi connectivity index (χ3v) is 5.98. The second kappa shape index (κ2) is 10.8. The molecule has 162 valence electrons. The van der Waals surface area contributed by atoms with Gasteiger partial charge >= 0.3 is 11.8 Å². The molecular weight excluding hydrogens is 444 g/mol.